The number of Topliss-reactive ketones (excluding diaryl/α,β-unsaturated/α-hetero) is 1. The highest BCUT2D eigenvalue weighted by Crippen LogP contribution is 2.17. The lowest BCUT2D eigenvalue weighted by atomic mass is 10.2. The monoisotopic (exact) mass is 132 g/mol. The molecule has 1 rings (SSSR count). The highest BCUT2D eigenvalue weighted by atomic mass is 16.6. The molecule has 0 aromatic heterocycles. The maximum absolute atomic E-state index is 10.6. The molecule has 4 nitrogen and oxygen atoms in total. The summed E-state index contributed by atoms with van der Waals surface area (Å²) >= 11 is 0. The summed E-state index contributed by atoms with van der Waals surface area (Å²) in [6, 6.07) is 0. The SMILES string of the molecule is CC1(O)OC[C@H](O)C1=O. The molecule has 0 aliphatic carbocycles. The lowest BCUT2D eigenvalue weighted by molar-refractivity contribution is -0.174. The zero-order chi connectivity index (χ0) is 7.07. The predicted octanol–water partition coefficient (Wildman–Crippen LogP) is -1.34. The van der Waals surface area contributed by atoms with E-state index in [-0.39, 0.29) is 6.61 Å². The van der Waals surface area contributed by atoms with Crippen molar-refractivity contribution in [3.63, 3.8) is 0 Å². The van der Waals surface area contributed by atoms with Crippen LogP contribution in [0.5, 0.6) is 0 Å². The van der Waals surface area contributed by atoms with Crippen LogP contribution in [0.3, 0.4) is 0 Å². The molecule has 1 aliphatic rings. The van der Waals surface area contributed by atoms with Gasteiger partial charge in [0.15, 0.2) is 0 Å². The number of aliphatic hydroxyl groups excluding tert-OH is 1. The van der Waals surface area contributed by atoms with Crippen molar-refractivity contribution in [2.24, 2.45) is 0 Å². The summed E-state index contributed by atoms with van der Waals surface area (Å²) in [6.45, 7) is 1.11. The third-order valence-electron chi connectivity index (χ3n) is 1.28. The number of ether oxygens (including phenoxy) is 1. The first-order valence-corrected chi connectivity index (χ1v) is 2.63. The lowest BCUT2D eigenvalue weighted by Gasteiger charge is -2.11. The Hall–Kier alpha value is -0.450. The Morgan fingerprint density at radius 2 is 2.44 bits per heavy atom. The van der Waals surface area contributed by atoms with E-state index in [1.54, 1.807) is 0 Å². The summed E-state index contributed by atoms with van der Waals surface area (Å²) in [5.41, 5.74) is 0. The summed E-state index contributed by atoms with van der Waals surface area (Å²) in [6.07, 6.45) is -1.15. The number of carbonyl (C=O) groups excluding carboxylic acids is 1. The Morgan fingerprint density at radius 1 is 1.89 bits per heavy atom. The van der Waals surface area contributed by atoms with Crippen molar-refractivity contribution in [1.29, 1.82) is 0 Å². The van der Waals surface area contributed by atoms with E-state index in [1.165, 1.54) is 6.92 Å². The fraction of sp³-hybridized carbons (Fsp3) is 0.800. The van der Waals surface area contributed by atoms with E-state index in [2.05, 4.69) is 4.74 Å². The molecule has 2 N–H and O–H groups in total. The van der Waals surface area contributed by atoms with Crippen LogP contribution >= 0.6 is 0 Å². The third-order valence-corrected chi connectivity index (χ3v) is 1.28. The van der Waals surface area contributed by atoms with Crippen molar-refractivity contribution in [3.8, 4) is 0 Å². The fourth-order valence-corrected chi connectivity index (χ4v) is 0.697. The van der Waals surface area contributed by atoms with Gasteiger partial charge in [0, 0.05) is 0 Å². The van der Waals surface area contributed by atoms with Gasteiger partial charge < -0.3 is 14.9 Å². The van der Waals surface area contributed by atoms with E-state index in [0.29, 0.717) is 0 Å². The van der Waals surface area contributed by atoms with Gasteiger partial charge in [-0.25, -0.2) is 0 Å². The molecule has 1 heterocycles. The van der Waals surface area contributed by atoms with Gasteiger partial charge in [0.2, 0.25) is 11.6 Å². The molecule has 1 saturated heterocycles. The number of carbonyl (C=O) groups is 1. The van der Waals surface area contributed by atoms with Crippen LogP contribution in [0.1, 0.15) is 6.92 Å². The Bertz CT molecular complexity index is 140. The van der Waals surface area contributed by atoms with Gasteiger partial charge in [-0.1, -0.05) is 0 Å². The minimum absolute atomic E-state index is 0.105. The van der Waals surface area contributed by atoms with Gasteiger partial charge in [0.05, 0.1) is 6.61 Å². The van der Waals surface area contributed by atoms with Crippen molar-refractivity contribution in [3.05, 3.63) is 0 Å². The highest BCUT2D eigenvalue weighted by Gasteiger charge is 2.43. The van der Waals surface area contributed by atoms with Crippen molar-refractivity contribution in [2.75, 3.05) is 6.61 Å². The first-order valence-electron chi connectivity index (χ1n) is 2.63. The third kappa shape index (κ3) is 0.962. The van der Waals surface area contributed by atoms with Crippen LogP contribution in [0.2, 0.25) is 0 Å². The van der Waals surface area contributed by atoms with Gasteiger partial charge in [-0.05, 0) is 6.92 Å². The summed E-state index contributed by atoms with van der Waals surface area (Å²) in [7, 11) is 0. The molecule has 1 fully saturated rings. The molecule has 2 atom stereocenters. The summed E-state index contributed by atoms with van der Waals surface area (Å²) < 4.78 is 4.52. The van der Waals surface area contributed by atoms with Gasteiger partial charge in [0.1, 0.15) is 6.10 Å². The molecule has 0 aromatic carbocycles. The van der Waals surface area contributed by atoms with Crippen molar-refractivity contribution >= 4 is 5.78 Å². The second kappa shape index (κ2) is 1.76. The van der Waals surface area contributed by atoms with Gasteiger partial charge >= 0.3 is 0 Å². The molecule has 4 heteroatoms. The van der Waals surface area contributed by atoms with Crippen LogP contribution in [0.15, 0.2) is 0 Å². The first-order chi connectivity index (χ1) is 4.04. The topological polar surface area (TPSA) is 66.8 Å². The van der Waals surface area contributed by atoms with E-state index >= 15 is 0 Å². The minimum Gasteiger partial charge on any atom is -0.383 e. The van der Waals surface area contributed by atoms with E-state index in [0.717, 1.165) is 0 Å². The second-order valence-electron chi connectivity index (χ2n) is 2.17. The largest absolute Gasteiger partial charge is 0.383 e. The summed E-state index contributed by atoms with van der Waals surface area (Å²) in [4.78, 5) is 10.6. The quantitative estimate of drug-likeness (QED) is 0.428. The van der Waals surface area contributed by atoms with Crippen LogP contribution < -0.4 is 0 Å². The van der Waals surface area contributed by atoms with Crippen molar-refractivity contribution in [2.45, 2.75) is 18.8 Å². The lowest BCUT2D eigenvalue weighted by Crippen LogP contribution is -2.34. The average Bonchev–Trinajstić information content (AvgIpc) is 1.97. The van der Waals surface area contributed by atoms with Crippen LogP contribution in [0.25, 0.3) is 0 Å². The summed E-state index contributed by atoms with van der Waals surface area (Å²) in [5, 5.41) is 17.6. The van der Waals surface area contributed by atoms with Crippen LogP contribution in [-0.2, 0) is 9.53 Å². The van der Waals surface area contributed by atoms with Gasteiger partial charge in [0.25, 0.3) is 0 Å². The van der Waals surface area contributed by atoms with E-state index in [1.807, 2.05) is 0 Å². The Labute approximate surface area is 52.1 Å². The minimum atomic E-state index is -1.76. The molecular weight excluding hydrogens is 124 g/mol. The molecule has 0 bridgehead atoms. The number of aliphatic hydroxyl groups is 2. The van der Waals surface area contributed by atoms with Crippen LogP contribution in [-0.4, -0.2) is 34.5 Å². The van der Waals surface area contributed by atoms with Crippen molar-refractivity contribution < 1.29 is 19.7 Å². The normalized spacial score (nSPS) is 43.9. The molecule has 0 radical (unpaired) electrons. The molecule has 0 amide bonds. The maximum atomic E-state index is 10.6. The van der Waals surface area contributed by atoms with Gasteiger partial charge in [-0.3, -0.25) is 4.79 Å². The zero-order valence-corrected chi connectivity index (χ0v) is 5.00. The zero-order valence-electron chi connectivity index (χ0n) is 5.00. The molecule has 1 aliphatic heterocycles. The number of hydrogen-bond donors (Lipinski definition) is 2. The maximum Gasteiger partial charge on any atom is 0.226 e. The molecule has 0 spiro atoms. The van der Waals surface area contributed by atoms with Crippen LogP contribution in [0, 0.1) is 0 Å². The van der Waals surface area contributed by atoms with Crippen LogP contribution in [0.4, 0.5) is 0 Å². The Kier molecular flexibility index (Phi) is 1.31. The first kappa shape index (κ1) is 6.67. The molecule has 1 unspecified atom stereocenters. The predicted molar refractivity (Wildman–Crippen MR) is 27.6 cm³/mol. The van der Waals surface area contributed by atoms with E-state index < -0.39 is 17.7 Å². The Balaban J connectivity index is 2.74. The molecule has 0 aromatic rings. The molecule has 9 heavy (non-hydrogen) atoms. The fourth-order valence-electron chi connectivity index (χ4n) is 0.697. The Morgan fingerprint density at radius 3 is 2.56 bits per heavy atom. The van der Waals surface area contributed by atoms with Crippen molar-refractivity contribution in [1.82, 2.24) is 0 Å². The second-order valence-corrected chi connectivity index (χ2v) is 2.17. The molecule has 0 saturated carbocycles. The average molecular weight is 132 g/mol. The summed E-state index contributed by atoms with van der Waals surface area (Å²) in [5.74, 6) is -2.43. The van der Waals surface area contributed by atoms with Gasteiger partial charge in [-0.2, -0.15) is 0 Å². The smallest absolute Gasteiger partial charge is 0.226 e. The van der Waals surface area contributed by atoms with E-state index in [9.17, 15) is 4.79 Å². The number of rotatable bonds is 0. The number of hydrogen-bond acceptors (Lipinski definition) is 4. The highest BCUT2D eigenvalue weighted by molar-refractivity contribution is 5.90. The standard InChI is InChI=1S/C5H8O4/c1-5(8)4(7)3(6)2-9-5/h3,6,8H,2H2,1H3/t3-,5?/m0/s1. The molecular formula is C5H8O4. The van der Waals surface area contributed by atoms with Gasteiger partial charge in [-0.15, -0.1) is 0 Å². The van der Waals surface area contributed by atoms with E-state index in [4.69, 9.17) is 10.2 Å². The molecule has 52 valence electrons. The number of ketones is 1.